The molecule has 2 nitrogen and oxygen atoms in total. The van der Waals surface area contributed by atoms with E-state index in [2.05, 4.69) is 49.2 Å². The molecule has 0 fully saturated rings. The van der Waals surface area contributed by atoms with Crippen molar-refractivity contribution in [1.82, 2.24) is 4.98 Å². The lowest BCUT2D eigenvalue weighted by Crippen LogP contribution is -1.97. The van der Waals surface area contributed by atoms with Crippen LogP contribution in [0, 0.1) is 5.92 Å². The molecule has 2 rings (SSSR count). The molecule has 0 aliphatic carbocycles. The van der Waals surface area contributed by atoms with E-state index < -0.39 is 0 Å². The average molecular weight is 240 g/mol. The standard InChI is InChI=1S/C16H20N2/c1-12(2)7-13-3-5-15(6-4-13)16-8-14(9-17)10-18-11-16/h3-6,8,10-12H,7,9,17H2,1-2H3. The molecule has 2 aromatic rings. The molecule has 1 aromatic heterocycles. The lowest BCUT2D eigenvalue weighted by Gasteiger charge is -2.07. The SMILES string of the molecule is CC(C)Cc1ccc(-c2cncc(CN)c2)cc1. The van der Waals surface area contributed by atoms with Crippen LogP contribution in [-0.2, 0) is 13.0 Å². The van der Waals surface area contributed by atoms with Gasteiger partial charge >= 0.3 is 0 Å². The predicted octanol–water partition coefficient (Wildman–Crippen LogP) is 3.41. The summed E-state index contributed by atoms with van der Waals surface area (Å²) in [6, 6.07) is 10.8. The molecule has 0 amide bonds. The van der Waals surface area contributed by atoms with Crippen molar-refractivity contribution < 1.29 is 0 Å². The van der Waals surface area contributed by atoms with Crippen LogP contribution in [0.1, 0.15) is 25.0 Å². The first kappa shape index (κ1) is 12.8. The summed E-state index contributed by atoms with van der Waals surface area (Å²) >= 11 is 0. The van der Waals surface area contributed by atoms with Crippen molar-refractivity contribution in [3.05, 3.63) is 53.9 Å². The zero-order chi connectivity index (χ0) is 13.0. The van der Waals surface area contributed by atoms with Crippen molar-refractivity contribution in [2.24, 2.45) is 11.7 Å². The van der Waals surface area contributed by atoms with Crippen LogP contribution in [0.15, 0.2) is 42.7 Å². The smallest absolute Gasteiger partial charge is 0.0346 e. The van der Waals surface area contributed by atoms with Crippen molar-refractivity contribution in [2.45, 2.75) is 26.8 Å². The number of rotatable bonds is 4. The lowest BCUT2D eigenvalue weighted by molar-refractivity contribution is 0.647. The summed E-state index contributed by atoms with van der Waals surface area (Å²) in [5, 5.41) is 0. The molecule has 0 bridgehead atoms. The van der Waals surface area contributed by atoms with Gasteiger partial charge in [-0.1, -0.05) is 38.1 Å². The Balaban J connectivity index is 2.22. The summed E-state index contributed by atoms with van der Waals surface area (Å²) in [7, 11) is 0. The zero-order valence-electron chi connectivity index (χ0n) is 11.1. The maximum absolute atomic E-state index is 5.64. The molecule has 0 saturated carbocycles. The third-order valence-corrected chi connectivity index (χ3v) is 2.96. The van der Waals surface area contributed by atoms with Gasteiger partial charge in [0.05, 0.1) is 0 Å². The minimum atomic E-state index is 0.534. The van der Waals surface area contributed by atoms with Gasteiger partial charge in [-0.15, -0.1) is 0 Å². The largest absolute Gasteiger partial charge is 0.326 e. The van der Waals surface area contributed by atoms with Gasteiger partial charge in [-0.2, -0.15) is 0 Å². The number of hydrogen-bond donors (Lipinski definition) is 1. The summed E-state index contributed by atoms with van der Waals surface area (Å²) in [6.45, 7) is 5.01. The normalized spacial score (nSPS) is 10.9. The van der Waals surface area contributed by atoms with Gasteiger partial charge in [-0.05, 0) is 35.1 Å². The Morgan fingerprint density at radius 2 is 1.72 bits per heavy atom. The van der Waals surface area contributed by atoms with Gasteiger partial charge in [-0.3, -0.25) is 4.98 Å². The fourth-order valence-corrected chi connectivity index (χ4v) is 2.06. The minimum absolute atomic E-state index is 0.534. The first-order valence-corrected chi connectivity index (χ1v) is 6.42. The quantitative estimate of drug-likeness (QED) is 0.889. The minimum Gasteiger partial charge on any atom is -0.326 e. The topological polar surface area (TPSA) is 38.9 Å². The Morgan fingerprint density at radius 3 is 2.33 bits per heavy atom. The second-order valence-corrected chi connectivity index (χ2v) is 5.08. The molecule has 0 atom stereocenters. The molecule has 0 saturated heterocycles. The highest BCUT2D eigenvalue weighted by atomic mass is 14.6. The Bertz CT molecular complexity index is 501. The molecular formula is C16H20N2. The number of nitrogens with zero attached hydrogens (tertiary/aromatic N) is 1. The first-order chi connectivity index (χ1) is 8.69. The van der Waals surface area contributed by atoms with Crippen LogP contribution in [-0.4, -0.2) is 4.98 Å². The highest BCUT2D eigenvalue weighted by Crippen LogP contribution is 2.20. The van der Waals surface area contributed by atoms with Crippen LogP contribution in [0.5, 0.6) is 0 Å². The number of aromatic nitrogens is 1. The first-order valence-electron chi connectivity index (χ1n) is 6.42. The number of pyridine rings is 1. The van der Waals surface area contributed by atoms with Crippen LogP contribution in [0.2, 0.25) is 0 Å². The van der Waals surface area contributed by atoms with Gasteiger partial charge in [0.25, 0.3) is 0 Å². The van der Waals surface area contributed by atoms with Crippen LogP contribution >= 0.6 is 0 Å². The van der Waals surface area contributed by atoms with Gasteiger partial charge in [0.1, 0.15) is 0 Å². The van der Waals surface area contributed by atoms with Gasteiger partial charge in [0.2, 0.25) is 0 Å². The third-order valence-electron chi connectivity index (χ3n) is 2.96. The van der Waals surface area contributed by atoms with E-state index in [4.69, 9.17) is 5.73 Å². The van der Waals surface area contributed by atoms with Crippen molar-refractivity contribution in [3.8, 4) is 11.1 Å². The molecule has 0 unspecified atom stereocenters. The van der Waals surface area contributed by atoms with Crippen LogP contribution in [0.4, 0.5) is 0 Å². The monoisotopic (exact) mass is 240 g/mol. The second-order valence-electron chi connectivity index (χ2n) is 5.08. The molecule has 0 spiro atoms. The van der Waals surface area contributed by atoms with Crippen molar-refractivity contribution in [2.75, 3.05) is 0 Å². The van der Waals surface area contributed by atoms with Gasteiger partial charge < -0.3 is 5.73 Å². The summed E-state index contributed by atoms with van der Waals surface area (Å²) in [5.74, 6) is 0.693. The summed E-state index contributed by atoms with van der Waals surface area (Å²) in [6.07, 6.45) is 4.83. The molecule has 0 radical (unpaired) electrons. The maximum atomic E-state index is 5.64. The Labute approximate surface area is 109 Å². The van der Waals surface area contributed by atoms with Gasteiger partial charge in [0.15, 0.2) is 0 Å². The molecule has 1 heterocycles. The summed E-state index contributed by atoms with van der Waals surface area (Å²) < 4.78 is 0. The molecule has 2 heteroatoms. The van der Waals surface area contributed by atoms with E-state index in [1.54, 1.807) is 0 Å². The lowest BCUT2D eigenvalue weighted by atomic mass is 9.99. The molecule has 94 valence electrons. The highest BCUT2D eigenvalue weighted by molar-refractivity contribution is 5.63. The number of hydrogen-bond acceptors (Lipinski definition) is 2. The third kappa shape index (κ3) is 3.17. The van der Waals surface area contributed by atoms with E-state index in [0.717, 1.165) is 17.5 Å². The molecule has 2 N–H and O–H groups in total. The Hall–Kier alpha value is -1.67. The van der Waals surface area contributed by atoms with Crippen molar-refractivity contribution >= 4 is 0 Å². The predicted molar refractivity (Wildman–Crippen MR) is 76.1 cm³/mol. The van der Waals surface area contributed by atoms with Gasteiger partial charge in [-0.25, -0.2) is 0 Å². The Morgan fingerprint density at radius 1 is 1.00 bits per heavy atom. The molecule has 0 aliphatic rings. The average Bonchev–Trinajstić information content (AvgIpc) is 2.39. The summed E-state index contributed by atoms with van der Waals surface area (Å²) in [5.41, 5.74) is 10.4. The second kappa shape index (κ2) is 5.78. The van der Waals surface area contributed by atoms with Crippen LogP contribution in [0.3, 0.4) is 0 Å². The van der Waals surface area contributed by atoms with Crippen LogP contribution in [0.25, 0.3) is 11.1 Å². The van der Waals surface area contributed by atoms with E-state index in [9.17, 15) is 0 Å². The van der Waals surface area contributed by atoms with E-state index in [-0.39, 0.29) is 0 Å². The van der Waals surface area contributed by atoms with E-state index in [0.29, 0.717) is 12.5 Å². The zero-order valence-corrected chi connectivity index (χ0v) is 11.1. The van der Waals surface area contributed by atoms with E-state index in [1.807, 2.05) is 12.4 Å². The molecule has 1 aromatic carbocycles. The maximum Gasteiger partial charge on any atom is 0.0346 e. The van der Waals surface area contributed by atoms with Crippen molar-refractivity contribution in [3.63, 3.8) is 0 Å². The molecular weight excluding hydrogens is 220 g/mol. The number of benzene rings is 1. The fourth-order valence-electron chi connectivity index (χ4n) is 2.06. The Kier molecular flexibility index (Phi) is 4.11. The highest BCUT2D eigenvalue weighted by Gasteiger charge is 2.01. The van der Waals surface area contributed by atoms with Gasteiger partial charge in [0, 0.05) is 24.5 Å². The number of nitrogens with two attached hydrogens (primary N) is 1. The molecule has 18 heavy (non-hydrogen) atoms. The summed E-state index contributed by atoms with van der Waals surface area (Å²) in [4.78, 5) is 4.22. The van der Waals surface area contributed by atoms with Crippen molar-refractivity contribution in [1.29, 1.82) is 0 Å². The van der Waals surface area contributed by atoms with E-state index in [1.165, 1.54) is 11.1 Å². The molecule has 0 aliphatic heterocycles. The van der Waals surface area contributed by atoms with E-state index >= 15 is 0 Å². The fraction of sp³-hybridized carbons (Fsp3) is 0.312. The van der Waals surface area contributed by atoms with Crippen LogP contribution < -0.4 is 5.73 Å².